The minimum absolute atomic E-state index is 0.194. The second kappa shape index (κ2) is 7.29. The number of hydrogen-bond donors (Lipinski definition) is 1. The van der Waals surface area contributed by atoms with Gasteiger partial charge in [0.05, 0.1) is 17.7 Å². The second-order valence-corrected chi connectivity index (χ2v) is 4.45. The van der Waals surface area contributed by atoms with Crippen molar-refractivity contribution in [2.24, 2.45) is 5.92 Å². The molecule has 1 unspecified atom stereocenters. The van der Waals surface area contributed by atoms with Gasteiger partial charge in [-0.3, -0.25) is 0 Å². The fourth-order valence-corrected chi connectivity index (χ4v) is 1.82. The maximum atomic E-state index is 14.1. The molecule has 0 aliphatic heterocycles. The van der Waals surface area contributed by atoms with Gasteiger partial charge in [-0.2, -0.15) is 5.26 Å². The molecule has 1 atom stereocenters. The first-order chi connectivity index (χ1) is 9.47. The lowest BCUT2D eigenvalue weighted by Gasteiger charge is -2.24. The van der Waals surface area contributed by atoms with Crippen LogP contribution >= 0.6 is 0 Å². The number of nitriles is 1. The van der Waals surface area contributed by atoms with Crippen molar-refractivity contribution < 1.29 is 14.3 Å². The van der Waals surface area contributed by atoms with Crippen LogP contribution in [0.4, 0.5) is 10.1 Å². The third-order valence-electron chi connectivity index (χ3n) is 2.83. The Morgan fingerprint density at radius 1 is 1.60 bits per heavy atom. The molecule has 5 heteroatoms. The zero-order valence-electron chi connectivity index (χ0n) is 11.5. The monoisotopic (exact) mass is 276 g/mol. The first-order valence-corrected chi connectivity index (χ1v) is 6.33. The average Bonchev–Trinajstić information content (AvgIpc) is 2.42. The SMILES string of the molecule is CCN(CC(C)C#N)c1ccc(C=CC(=O)O)cc1F. The summed E-state index contributed by atoms with van der Waals surface area (Å²) in [5.74, 6) is -1.70. The van der Waals surface area contributed by atoms with E-state index in [0.29, 0.717) is 24.3 Å². The molecule has 1 aromatic carbocycles. The van der Waals surface area contributed by atoms with Crippen LogP contribution in [-0.2, 0) is 4.79 Å². The first kappa shape index (κ1) is 15.7. The predicted octanol–water partition coefficient (Wildman–Crippen LogP) is 2.91. The summed E-state index contributed by atoms with van der Waals surface area (Å²) in [7, 11) is 0. The van der Waals surface area contributed by atoms with Crippen molar-refractivity contribution in [2.75, 3.05) is 18.0 Å². The molecule has 0 amide bonds. The Balaban J connectivity index is 2.96. The number of rotatable bonds is 6. The molecule has 1 aromatic rings. The van der Waals surface area contributed by atoms with Crippen LogP contribution in [0.2, 0.25) is 0 Å². The summed E-state index contributed by atoms with van der Waals surface area (Å²) < 4.78 is 14.1. The summed E-state index contributed by atoms with van der Waals surface area (Å²) in [6.45, 7) is 4.72. The van der Waals surface area contributed by atoms with Crippen molar-refractivity contribution in [3.05, 3.63) is 35.7 Å². The van der Waals surface area contributed by atoms with E-state index in [-0.39, 0.29) is 5.92 Å². The number of aliphatic carboxylic acids is 1. The summed E-state index contributed by atoms with van der Waals surface area (Å²) in [4.78, 5) is 12.2. The van der Waals surface area contributed by atoms with Crippen molar-refractivity contribution in [3.63, 3.8) is 0 Å². The maximum absolute atomic E-state index is 14.1. The molecule has 0 aliphatic rings. The molecule has 0 saturated heterocycles. The molecule has 0 fully saturated rings. The highest BCUT2D eigenvalue weighted by molar-refractivity contribution is 5.85. The molecule has 1 rings (SSSR count). The molecule has 0 aromatic heterocycles. The van der Waals surface area contributed by atoms with Crippen molar-refractivity contribution >= 4 is 17.7 Å². The van der Waals surface area contributed by atoms with Gasteiger partial charge in [0.1, 0.15) is 5.82 Å². The minimum atomic E-state index is -1.08. The molecule has 0 bridgehead atoms. The molecular weight excluding hydrogens is 259 g/mol. The topological polar surface area (TPSA) is 64.3 Å². The highest BCUT2D eigenvalue weighted by Gasteiger charge is 2.13. The van der Waals surface area contributed by atoms with Gasteiger partial charge in [0, 0.05) is 19.2 Å². The molecule has 0 heterocycles. The average molecular weight is 276 g/mol. The fourth-order valence-electron chi connectivity index (χ4n) is 1.82. The van der Waals surface area contributed by atoms with Gasteiger partial charge in [0.25, 0.3) is 0 Å². The normalized spacial score (nSPS) is 12.1. The Labute approximate surface area is 117 Å². The Bertz CT molecular complexity index is 549. The van der Waals surface area contributed by atoms with Crippen LogP contribution in [0.15, 0.2) is 24.3 Å². The Morgan fingerprint density at radius 3 is 2.80 bits per heavy atom. The number of hydrogen-bond acceptors (Lipinski definition) is 3. The zero-order valence-corrected chi connectivity index (χ0v) is 11.5. The van der Waals surface area contributed by atoms with Crippen LogP contribution in [0.1, 0.15) is 19.4 Å². The summed E-state index contributed by atoms with van der Waals surface area (Å²) in [5.41, 5.74) is 0.903. The van der Waals surface area contributed by atoms with E-state index in [1.807, 2.05) is 6.92 Å². The van der Waals surface area contributed by atoms with E-state index in [1.165, 1.54) is 12.1 Å². The number of benzene rings is 1. The maximum Gasteiger partial charge on any atom is 0.328 e. The molecule has 0 radical (unpaired) electrons. The van der Waals surface area contributed by atoms with Gasteiger partial charge in [-0.1, -0.05) is 6.07 Å². The smallest absolute Gasteiger partial charge is 0.328 e. The Morgan fingerprint density at radius 2 is 2.30 bits per heavy atom. The molecule has 4 nitrogen and oxygen atoms in total. The highest BCUT2D eigenvalue weighted by atomic mass is 19.1. The molecule has 0 aliphatic carbocycles. The number of carboxylic acids is 1. The van der Waals surface area contributed by atoms with Gasteiger partial charge in [0.15, 0.2) is 0 Å². The van der Waals surface area contributed by atoms with Gasteiger partial charge >= 0.3 is 5.97 Å². The lowest BCUT2D eigenvalue weighted by molar-refractivity contribution is -0.131. The Hall–Kier alpha value is -2.35. The van der Waals surface area contributed by atoms with Gasteiger partial charge in [-0.05, 0) is 37.6 Å². The molecule has 1 N–H and O–H groups in total. The molecule has 20 heavy (non-hydrogen) atoms. The molecule has 0 spiro atoms. The predicted molar refractivity (Wildman–Crippen MR) is 75.7 cm³/mol. The van der Waals surface area contributed by atoms with Crippen molar-refractivity contribution in [1.29, 1.82) is 5.26 Å². The lowest BCUT2D eigenvalue weighted by Crippen LogP contribution is -2.28. The van der Waals surface area contributed by atoms with Crippen LogP contribution in [-0.4, -0.2) is 24.2 Å². The number of halogens is 1. The summed E-state index contributed by atoms with van der Waals surface area (Å²) in [5, 5.41) is 17.4. The van der Waals surface area contributed by atoms with Gasteiger partial charge < -0.3 is 10.0 Å². The largest absolute Gasteiger partial charge is 0.478 e. The van der Waals surface area contributed by atoms with E-state index < -0.39 is 11.8 Å². The standard InChI is InChI=1S/C15H17FN2O2/c1-3-18(10-11(2)9-17)14-6-4-12(8-13(14)16)5-7-15(19)20/h4-8,11H,3,10H2,1-2H3,(H,19,20). The van der Waals surface area contributed by atoms with Crippen molar-refractivity contribution in [1.82, 2.24) is 0 Å². The van der Waals surface area contributed by atoms with Crippen molar-refractivity contribution in [3.8, 4) is 6.07 Å². The van der Waals surface area contributed by atoms with E-state index >= 15 is 0 Å². The molecular formula is C15H17FN2O2. The lowest BCUT2D eigenvalue weighted by atomic mass is 10.1. The molecule has 0 saturated carbocycles. The van der Waals surface area contributed by atoms with E-state index in [2.05, 4.69) is 6.07 Å². The van der Waals surface area contributed by atoms with Crippen LogP contribution in [0.25, 0.3) is 6.08 Å². The summed E-state index contributed by atoms with van der Waals surface area (Å²) in [6.07, 6.45) is 2.30. The van der Waals surface area contributed by atoms with Crippen molar-refractivity contribution in [2.45, 2.75) is 13.8 Å². The van der Waals surface area contributed by atoms with E-state index in [1.54, 1.807) is 24.0 Å². The van der Waals surface area contributed by atoms with Crippen LogP contribution in [0.5, 0.6) is 0 Å². The third-order valence-corrected chi connectivity index (χ3v) is 2.83. The van der Waals surface area contributed by atoms with Crippen LogP contribution < -0.4 is 4.90 Å². The first-order valence-electron chi connectivity index (χ1n) is 6.33. The van der Waals surface area contributed by atoms with E-state index in [0.717, 1.165) is 6.08 Å². The molecule has 106 valence electrons. The zero-order chi connectivity index (χ0) is 15.1. The van der Waals surface area contributed by atoms with Crippen LogP contribution in [0, 0.1) is 23.1 Å². The highest BCUT2D eigenvalue weighted by Crippen LogP contribution is 2.22. The Kier molecular flexibility index (Phi) is 5.73. The number of carboxylic acid groups (broad SMARTS) is 1. The van der Waals surface area contributed by atoms with Gasteiger partial charge in [0.2, 0.25) is 0 Å². The quantitative estimate of drug-likeness (QED) is 0.811. The number of nitrogens with zero attached hydrogens (tertiary/aromatic N) is 2. The summed E-state index contributed by atoms with van der Waals surface area (Å²) >= 11 is 0. The van der Waals surface area contributed by atoms with Gasteiger partial charge in [-0.15, -0.1) is 0 Å². The van der Waals surface area contributed by atoms with E-state index in [9.17, 15) is 9.18 Å². The number of anilines is 1. The second-order valence-electron chi connectivity index (χ2n) is 4.45. The van der Waals surface area contributed by atoms with E-state index in [4.69, 9.17) is 10.4 Å². The minimum Gasteiger partial charge on any atom is -0.478 e. The summed E-state index contributed by atoms with van der Waals surface area (Å²) in [6, 6.07) is 6.66. The van der Waals surface area contributed by atoms with Gasteiger partial charge in [-0.25, -0.2) is 9.18 Å². The fraction of sp³-hybridized carbons (Fsp3) is 0.333. The third kappa shape index (κ3) is 4.39. The van der Waals surface area contributed by atoms with Crippen LogP contribution in [0.3, 0.4) is 0 Å². The number of carbonyl (C=O) groups is 1.